The molecular formula is C28H24N6O3. The van der Waals surface area contributed by atoms with Gasteiger partial charge in [-0.1, -0.05) is 66.7 Å². The zero-order valence-electron chi connectivity index (χ0n) is 20.4. The number of para-hydroxylation sites is 1. The number of aryl methyl sites for hydroxylation is 2. The molecule has 0 amide bonds. The molecule has 0 atom stereocenters. The van der Waals surface area contributed by atoms with Crippen molar-refractivity contribution in [1.29, 1.82) is 0 Å². The van der Waals surface area contributed by atoms with Crippen LogP contribution in [0.15, 0.2) is 88.5 Å². The van der Waals surface area contributed by atoms with Gasteiger partial charge in [0.1, 0.15) is 12.4 Å². The molecule has 184 valence electrons. The molecule has 0 saturated carbocycles. The molecule has 3 aromatic heterocycles. The molecule has 6 rings (SSSR count). The van der Waals surface area contributed by atoms with Crippen molar-refractivity contribution in [2.45, 2.75) is 20.1 Å². The highest BCUT2D eigenvalue weighted by Gasteiger charge is 2.23. The molecule has 9 heteroatoms. The lowest BCUT2D eigenvalue weighted by atomic mass is 10.1. The fourth-order valence-electron chi connectivity index (χ4n) is 4.57. The van der Waals surface area contributed by atoms with Gasteiger partial charge in [-0.15, -0.1) is 10.2 Å². The molecule has 0 aliphatic carbocycles. The quantitative estimate of drug-likeness (QED) is 0.383. The lowest BCUT2D eigenvalue weighted by Crippen LogP contribution is -2.29. The first-order valence-corrected chi connectivity index (χ1v) is 11.9. The molecule has 1 N–H and O–H groups in total. The van der Waals surface area contributed by atoms with Crippen LogP contribution in [-0.4, -0.2) is 28.7 Å². The summed E-state index contributed by atoms with van der Waals surface area (Å²) in [7, 11) is 1.63. The molecule has 0 aliphatic heterocycles. The summed E-state index contributed by atoms with van der Waals surface area (Å²) in [5.74, 6) is 1.83. The molecule has 0 saturated heterocycles. The van der Waals surface area contributed by atoms with E-state index >= 15 is 0 Å². The van der Waals surface area contributed by atoms with Crippen molar-refractivity contribution in [1.82, 2.24) is 28.7 Å². The van der Waals surface area contributed by atoms with Gasteiger partial charge < -0.3 is 4.74 Å². The Morgan fingerprint density at radius 3 is 2.38 bits per heavy atom. The minimum absolute atomic E-state index is 0.365. The standard InChI is InChI=1S/C28H24N6O3/c1-18-8-6-7-9-21(18)16-33-23-25(35)29-28(36)32(2)26(23)34-24(30-31-27(33)34)20-14-12-19(13-15-20)17-37-22-10-4-3-5-11-22/h3-15H,16-17H2,1-2H3,(H,29,35,36). The second-order valence-electron chi connectivity index (χ2n) is 8.96. The van der Waals surface area contributed by atoms with E-state index in [0.717, 1.165) is 28.0 Å². The van der Waals surface area contributed by atoms with Crippen molar-refractivity contribution in [2.24, 2.45) is 7.05 Å². The van der Waals surface area contributed by atoms with E-state index in [-0.39, 0.29) is 0 Å². The van der Waals surface area contributed by atoms with Gasteiger partial charge in [-0.25, -0.2) is 9.20 Å². The molecule has 0 unspecified atom stereocenters. The number of nitrogens with one attached hydrogen (secondary N) is 1. The number of imidazole rings is 1. The lowest BCUT2D eigenvalue weighted by Gasteiger charge is -2.08. The molecular weight excluding hydrogens is 468 g/mol. The third kappa shape index (κ3) is 3.90. The van der Waals surface area contributed by atoms with Crippen molar-refractivity contribution >= 4 is 16.9 Å². The van der Waals surface area contributed by atoms with E-state index in [1.165, 1.54) is 4.57 Å². The van der Waals surface area contributed by atoms with Gasteiger partial charge in [0.15, 0.2) is 17.0 Å². The summed E-state index contributed by atoms with van der Waals surface area (Å²) in [5, 5.41) is 8.91. The van der Waals surface area contributed by atoms with Gasteiger partial charge in [0.2, 0.25) is 5.78 Å². The Hall–Kier alpha value is -4.92. The summed E-state index contributed by atoms with van der Waals surface area (Å²) in [5.41, 5.74) is 3.78. The first kappa shape index (κ1) is 22.5. The zero-order chi connectivity index (χ0) is 25.5. The smallest absolute Gasteiger partial charge is 0.329 e. The van der Waals surface area contributed by atoms with Crippen molar-refractivity contribution < 1.29 is 4.74 Å². The van der Waals surface area contributed by atoms with Crippen LogP contribution in [0.25, 0.3) is 28.3 Å². The van der Waals surface area contributed by atoms with Gasteiger partial charge in [0.25, 0.3) is 5.56 Å². The molecule has 0 radical (unpaired) electrons. The van der Waals surface area contributed by atoms with Gasteiger partial charge >= 0.3 is 5.69 Å². The van der Waals surface area contributed by atoms with E-state index in [9.17, 15) is 9.59 Å². The van der Waals surface area contributed by atoms with Gasteiger partial charge in [-0.3, -0.25) is 18.9 Å². The van der Waals surface area contributed by atoms with Gasteiger partial charge in [-0.2, -0.15) is 0 Å². The van der Waals surface area contributed by atoms with Crippen LogP contribution in [0.5, 0.6) is 5.75 Å². The average molecular weight is 493 g/mol. The summed E-state index contributed by atoms with van der Waals surface area (Å²) in [6.07, 6.45) is 0. The van der Waals surface area contributed by atoms with Gasteiger partial charge in [-0.05, 0) is 35.7 Å². The predicted octanol–water partition coefficient (Wildman–Crippen LogP) is 3.67. The molecule has 9 nitrogen and oxygen atoms in total. The molecule has 3 aromatic carbocycles. The normalized spacial score (nSPS) is 11.4. The largest absolute Gasteiger partial charge is 0.489 e. The fourth-order valence-corrected chi connectivity index (χ4v) is 4.57. The predicted molar refractivity (Wildman–Crippen MR) is 141 cm³/mol. The molecule has 0 bridgehead atoms. The van der Waals surface area contributed by atoms with Crippen LogP contribution in [-0.2, 0) is 20.2 Å². The van der Waals surface area contributed by atoms with E-state index in [2.05, 4.69) is 15.2 Å². The van der Waals surface area contributed by atoms with Crippen LogP contribution in [0.1, 0.15) is 16.7 Å². The highest BCUT2D eigenvalue weighted by molar-refractivity contribution is 5.80. The number of fused-ring (bicyclic) bond motifs is 3. The minimum Gasteiger partial charge on any atom is -0.489 e. The second-order valence-corrected chi connectivity index (χ2v) is 8.96. The highest BCUT2D eigenvalue weighted by Crippen LogP contribution is 2.26. The Balaban J connectivity index is 1.46. The Bertz CT molecular complexity index is 1860. The monoisotopic (exact) mass is 492 g/mol. The second kappa shape index (κ2) is 8.94. The Morgan fingerprint density at radius 2 is 1.62 bits per heavy atom. The maximum atomic E-state index is 13.0. The van der Waals surface area contributed by atoms with Gasteiger partial charge in [0.05, 0.1) is 6.54 Å². The summed E-state index contributed by atoms with van der Waals surface area (Å²) >= 11 is 0. The topological polar surface area (TPSA) is 99.2 Å². The fraction of sp³-hybridized carbons (Fsp3) is 0.143. The zero-order valence-corrected chi connectivity index (χ0v) is 20.4. The number of hydrogen-bond donors (Lipinski definition) is 1. The van der Waals surface area contributed by atoms with Crippen LogP contribution in [0.4, 0.5) is 0 Å². The molecule has 3 heterocycles. The number of aromatic nitrogens is 6. The maximum absolute atomic E-state index is 13.0. The Kier molecular flexibility index (Phi) is 5.45. The van der Waals surface area contributed by atoms with Crippen LogP contribution in [0.3, 0.4) is 0 Å². The number of hydrogen-bond acceptors (Lipinski definition) is 5. The number of H-pyrrole nitrogens is 1. The molecule has 0 aliphatic rings. The van der Waals surface area contributed by atoms with E-state index in [4.69, 9.17) is 4.74 Å². The first-order valence-electron chi connectivity index (χ1n) is 11.9. The summed E-state index contributed by atoms with van der Waals surface area (Å²) in [4.78, 5) is 28.0. The Morgan fingerprint density at radius 1 is 0.892 bits per heavy atom. The van der Waals surface area contributed by atoms with Crippen molar-refractivity contribution in [3.05, 3.63) is 116 Å². The molecule has 0 spiro atoms. The van der Waals surface area contributed by atoms with Crippen LogP contribution >= 0.6 is 0 Å². The highest BCUT2D eigenvalue weighted by atomic mass is 16.5. The number of benzene rings is 3. The Labute approximate surface area is 211 Å². The molecule has 0 fully saturated rings. The lowest BCUT2D eigenvalue weighted by molar-refractivity contribution is 0.306. The van der Waals surface area contributed by atoms with Gasteiger partial charge in [0, 0.05) is 12.6 Å². The maximum Gasteiger partial charge on any atom is 0.329 e. The third-order valence-electron chi connectivity index (χ3n) is 6.59. The number of rotatable bonds is 6. The number of nitrogens with zero attached hydrogens (tertiary/aromatic N) is 5. The van der Waals surface area contributed by atoms with Crippen molar-refractivity contribution in [3.8, 4) is 17.1 Å². The van der Waals surface area contributed by atoms with Crippen LogP contribution < -0.4 is 16.0 Å². The van der Waals surface area contributed by atoms with E-state index in [1.807, 2.05) is 90.4 Å². The summed E-state index contributed by atoms with van der Waals surface area (Å²) in [6.45, 7) is 2.87. The molecule has 6 aromatic rings. The minimum atomic E-state index is -0.500. The number of ether oxygens (including phenoxy) is 1. The van der Waals surface area contributed by atoms with Crippen molar-refractivity contribution in [2.75, 3.05) is 0 Å². The average Bonchev–Trinajstić information content (AvgIpc) is 3.48. The van der Waals surface area contributed by atoms with Crippen LogP contribution in [0.2, 0.25) is 0 Å². The van der Waals surface area contributed by atoms with E-state index in [1.54, 1.807) is 11.4 Å². The van der Waals surface area contributed by atoms with E-state index < -0.39 is 11.2 Å². The summed E-state index contributed by atoms with van der Waals surface area (Å²) in [6, 6.07) is 25.4. The van der Waals surface area contributed by atoms with Crippen LogP contribution in [0, 0.1) is 6.92 Å². The number of aromatic amines is 1. The van der Waals surface area contributed by atoms with Crippen molar-refractivity contribution in [3.63, 3.8) is 0 Å². The third-order valence-corrected chi connectivity index (χ3v) is 6.59. The molecule has 37 heavy (non-hydrogen) atoms. The summed E-state index contributed by atoms with van der Waals surface area (Å²) < 4.78 is 10.9. The first-order chi connectivity index (χ1) is 18.0. The van der Waals surface area contributed by atoms with E-state index in [0.29, 0.717) is 35.9 Å². The SMILES string of the molecule is Cc1ccccc1Cn1c2c(=O)[nH]c(=O)n(C)c2n2c(-c3ccc(COc4ccccc4)cc3)nnc12.